The van der Waals surface area contributed by atoms with E-state index in [4.69, 9.17) is 0 Å². The summed E-state index contributed by atoms with van der Waals surface area (Å²) in [6, 6.07) is 9.91. The van der Waals surface area contributed by atoms with Gasteiger partial charge in [-0.05, 0) is 51.4 Å². The maximum absolute atomic E-state index is 3.50. The molecule has 1 aliphatic heterocycles. The highest BCUT2D eigenvalue weighted by molar-refractivity contribution is 5.28. The van der Waals surface area contributed by atoms with Gasteiger partial charge in [-0.25, -0.2) is 0 Å². The van der Waals surface area contributed by atoms with E-state index < -0.39 is 0 Å². The molecule has 1 aliphatic rings. The molecule has 0 spiro atoms. The lowest BCUT2D eigenvalue weighted by Crippen LogP contribution is -2.45. The number of hydrogen-bond acceptors (Lipinski definition) is 2. The van der Waals surface area contributed by atoms with Gasteiger partial charge in [-0.3, -0.25) is 4.90 Å². The fourth-order valence-corrected chi connectivity index (χ4v) is 2.77. The van der Waals surface area contributed by atoms with Crippen LogP contribution in [0.25, 0.3) is 0 Å². The van der Waals surface area contributed by atoms with E-state index in [-0.39, 0.29) is 0 Å². The zero-order valence-corrected chi connectivity index (χ0v) is 11.2. The Hall–Kier alpha value is -0.860. The van der Waals surface area contributed by atoms with Crippen LogP contribution in [0.2, 0.25) is 0 Å². The van der Waals surface area contributed by atoms with Gasteiger partial charge in [-0.15, -0.1) is 0 Å². The number of aryl methyl sites for hydroxylation is 1. The molecular formula is C15H24N2. The molecule has 94 valence electrons. The number of hydrogen-bond donors (Lipinski definition) is 1. The lowest BCUT2D eigenvalue weighted by Gasteiger charge is -2.36. The molecule has 1 saturated heterocycles. The predicted molar refractivity (Wildman–Crippen MR) is 73.2 cm³/mol. The van der Waals surface area contributed by atoms with Crippen LogP contribution in [0.4, 0.5) is 0 Å². The van der Waals surface area contributed by atoms with Gasteiger partial charge >= 0.3 is 0 Å². The first-order chi connectivity index (χ1) is 8.20. The van der Waals surface area contributed by atoms with Gasteiger partial charge in [0.1, 0.15) is 0 Å². The lowest BCUT2D eigenvalue weighted by atomic mass is 9.98. The first kappa shape index (κ1) is 12.6. The highest BCUT2D eigenvalue weighted by atomic mass is 15.2. The van der Waals surface area contributed by atoms with Crippen LogP contribution in [0.15, 0.2) is 24.3 Å². The third-order valence-electron chi connectivity index (χ3n) is 4.10. The van der Waals surface area contributed by atoms with E-state index in [0.29, 0.717) is 12.1 Å². The van der Waals surface area contributed by atoms with Crippen molar-refractivity contribution < 1.29 is 0 Å². The molecule has 2 rings (SSSR count). The molecule has 1 heterocycles. The molecule has 17 heavy (non-hydrogen) atoms. The summed E-state index contributed by atoms with van der Waals surface area (Å²) in [6.45, 7) is 6.84. The molecule has 0 aliphatic carbocycles. The van der Waals surface area contributed by atoms with Crippen LogP contribution in [0.5, 0.6) is 0 Å². The van der Waals surface area contributed by atoms with E-state index in [1.54, 1.807) is 0 Å². The molecule has 0 radical (unpaired) electrons. The van der Waals surface area contributed by atoms with E-state index in [9.17, 15) is 0 Å². The van der Waals surface area contributed by atoms with Crippen molar-refractivity contribution in [2.45, 2.75) is 38.8 Å². The third-order valence-corrected chi connectivity index (χ3v) is 4.10. The first-order valence-corrected chi connectivity index (χ1v) is 6.68. The summed E-state index contributed by atoms with van der Waals surface area (Å²) in [4.78, 5) is 2.52. The second kappa shape index (κ2) is 5.65. The van der Waals surface area contributed by atoms with Crippen LogP contribution in [-0.2, 0) is 0 Å². The van der Waals surface area contributed by atoms with Gasteiger partial charge in [-0.1, -0.05) is 24.3 Å². The Kier molecular flexibility index (Phi) is 4.19. The van der Waals surface area contributed by atoms with Crippen LogP contribution in [0.1, 0.15) is 36.9 Å². The topological polar surface area (TPSA) is 15.3 Å². The van der Waals surface area contributed by atoms with E-state index in [2.05, 4.69) is 55.4 Å². The standard InChI is InChI=1S/C15H24N2/c1-12-7-4-5-9-15(12)13(2)17(3)14-8-6-10-16-11-14/h4-5,7,9,13-14,16H,6,8,10-11H2,1-3H3. The molecule has 1 N–H and O–H groups in total. The molecule has 2 nitrogen and oxygen atoms in total. The largest absolute Gasteiger partial charge is 0.315 e. The van der Waals surface area contributed by atoms with Crippen molar-refractivity contribution in [1.29, 1.82) is 0 Å². The first-order valence-electron chi connectivity index (χ1n) is 6.68. The number of nitrogens with zero attached hydrogens (tertiary/aromatic N) is 1. The Morgan fingerprint density at radius 1 is 1.35 bits per heavy atom. The predicted octanol–water partition coefficient (Wildman–Crippen LogP) is 2.74. The van der Waals surface area contributed by atoms with Gasteiger partial charge in [0, 0.05) is 18.6 Å². The zero-order valence-electron chi connectivity index (χ0n) is 11.2. The summed E-state index contributed by atoms with van der Waals surface area (Å²) in [5.41, 5.74) is 2.86. The van der Waals surface area contributed by atoms with Gasteiger partial charge in [-0.2, -0.15) is 0 Å². The average Bonchev–Trinajstić information content (AvgIpc) is 2.39. The molecule has 2 heteroatoms. The van der Waals surface area contributed by atoms with Crippen molar-refractivity contribution in [3.63, 3.8) is 0 Å². The van der Waals surface area contributed by atoms with Crippen molar-refractivity contribution in [3.05, 3.63) is 35.4 Å². The van der Waals surface area contributed by atoms with Gasteiger partial charge in [0.15, 0.2) is 0 Å². The Balaban J connectivity index is 2.08. The van der Waals surface area contributed by atoms with Gasteiger partial charge in [0.05, 0.1) is 0 Å². The summed E-state index contributed by atoms with van der Waals surface area (Å²) < 4.78 is 0. The molecule has 0 aromatic heterocycles. The van der Waals surface area contributed by atoms with Crippen molar-refractivity contribution >= 4 is 0 Å². The second-order valence-corrected chi connectivity index (χ2v) is 5.20. The molecule has 1 fully saturated rings. The van der Waals surface area contributed by atoms with E-state index in [1.807, 2.05) is 0 Å². The maximum Gasteiger partial charge on any atom is 0.0322 e. The van der Waals surface area contributed by atoms with Crippen molar-refractivity contribution in [2.75, 3.05) is 20.1 Å². The zero-order chi connectivity index (χ0) is 12.3. The number of likely N-dealkylation sites (N-methyl/N-ethyl adjacent to an activating group) is 1. The minimum Gasteiger partial charge on any atom is -0.315 e. The fraction of sp³-hybridized carbons (Fsp3) is 0.600. The average molecular weight is 232 g/mol. The Bertz CT molecular complexity index is 356. The summed E-state index contributed by atoms with van der Waals surface area (Å²) >= 11 is 0. The summed E-state index contributed by atoms with van der Waals surface area (Å²) in [7, 11) is 2.26. The van der Waals surface area contributed by atoms with Gasteiger partial charge in [0.2, 0.25) is 0 Å². The SMILES string of the molecule is Cc1ccccc1C(C)N(C)C1CCCNC1. The second-order valence-electron chi connectivity index (χ2n) is 5.20. The van der Waals surface area contributed by atoms with Crippen LogP contribution in [0.3, 0.4) is 0 Å². The normalized spacial score (nSPS) is 22.7. The van der Waals surface area contributed by atoms with Crippen LogP contribution < -0.4 is 5.32 Å². The molecule has 1 aromatic rings. The number of rotatable bonds is 3. The third kappa shape index (κ3) is 2.88. The van der Waals surface area contributed by atoms with Crippen molar-refractivity contribution in [1.82, 2.24) is 10.2 Å². The Labute approximate surface area is 105 Å². The molecule has 0 saturated carbocycles. The Morgan fingerprint density at radius 3 is 2.76 bits per heavy atom. The van der Waals surface area contributed by atoms with Crippen molar-refractivity contribution in [2.24, 2.45) is 0 Å². The molecule has 0 bridgehead atoms. The number of nitrogens with one attached hydrogen (secondary N) is 1. The summed E-state index contributed by atoms with van der Waals surface area (Å²) in [5.74, 6) is 0. The van der Waals surface area contributed by atoms with E-state index in [1.165, 1.54) is 30.5 Å². The monoisotopic (exact) mass is 232 g/mol. The lowest BCUT2D eigenvalue weighted by molar-refractivity contribution is 0.156. The minimum absolute atomic E-state index is 0.501. The minimum atomic E-state index is 0.501. The van der Waals surface area contributed by atoms with Gasteiger partial charge in [0.25, 0.3) is 0 Å². The smallest absolute Gasteiger partial charge is 0.0322 e. The van der Waals surface area contributed by atoms with E-state index >= 15 is 0 Å². The van der Waals surface area contributed by atoms with Crippen LogP contribution in [-0.4, -0.2) is 31.1 Å². The molecule has 2 atom stereocenters. The fourth-order valence-electron chi connectivity index (χ4n) is 2.77. The molecule has 2 unspecified atom stereocenters. The quantitative estimate of drug-likeness (QED) is 0.862. The summed E-state index contributed by atoms with van der Waals surface area (Å²) in [5, 5.41) is 3.50. The maximum atomic E-state index is 3.50. The number of benzene rings is 1. The van der Waals surface area contributed by atoms with E-state index in [0.717, 1.165) is 6.54 Å². The highest BCUT2D eigenvalue weighted by Gasteiger charge is 2.23. The van der Waals surface area contributed by atoms with Crippen LogP contribution in [0, 0.1) is 6.92 Å². The van der Waals surface area contributed by atoms with Gasteiger partial charge < -0.3 is 5.32 Å². The number of piperidine rings is 1. The molecule has 1 aromatic carbocycles. The summed E-state index contributed by atoms with van der Waals surface area (Å²) in [6.07, 6.45) is 2.62. The molecular weight excluding hydrogens is 208 g/mol. The van der Waals surface area contributed by atoms with Crippen molar-refractivity contribution in [3.8, 4) is 0 Å². The highest BCUT2D eigenvalue weighted by Crippen LogP contribution is 2.25. The molecule has 0 amide bonds. The van der Waals surface area contributed by atoms with Crippen LogP contribution >= 0.6 is 0 Å². The Morgan fingerprint density at radius 2 is 2.12 bits per heavy atom.